The first-order valence-electron chi connectivity index (χ1n) is 6.86. The summed E-state index contributed by atoms with van der Waals surface area (Å²) in [6.45, 7) is 1.98. The molecular weight excluding hydrogens is 252 g/mol. The zero-order valence-electron chi connectivity index (χ0n) is 11.4. The third-order valence-electron chi connectivity index (χ3n) is 3.77. The van der Waals surface area contributed by atoms with Crippen molar-refractivity contribution in [2.24, 2.45) is 11.8 Å². The van der Waals surface area contributed by atoms with Crippen LogP contribution in [-0.4, -0.2) is 15.7 Å². The zero-order valence-corrected chi connectivity index (χ0v) is 11.4. The number of nitrogens with two attached hydrogens (primary N) is 1. The Morgan fingerprint density at radius 1 is 1.35 bits per heavy atom. The zero-order chi connectivity index (χ0) is 14.1. The first kappa shape index (κ1) is 12.7. The van der Waals surface area contributed by atoms with Gasteiger partial charge in [-0.3, -0.25) is 4.79 Å². The molecule has 1 aromatic carbocycles. The van der Waals surface area contributed by atoms with Gasteiger partial charge in [-0.1, -0.05) is 6.92 Å². The third kappa shape index (κ3) is 2.52. The maximum absolute atomic E-state index is 12.2. The highest BCUT2D eigenvalue weighted by atomic mass is 16.2. The van der Waals surface area contributed by atoms with Gasteiger partial charge < -0.3 is 11.1 Å². The van der Waals surface area contributed by atoms with E-state index in [4.69, 9.17) is 5.73 Å². The van der Waals surface area contributed by atoms with Crippen LogP contribution in [0.2, 0.25) is 0 Å². The maximum atomic E-state index is 12.2. The molecule has 1 amide bonds. The van der Waals surface area contributed by atoms with E-state index < -0.39 is 0 Å². The van der Waals surface area contributed by atoms with Gasteiger partial charge >= 0.3 is 0 Å². The average molecular weight is 270 g/mol. The van der Waals surface area contributed by atoms with Gasteiger partial charge in [-0.05, 0) is 43.0 Å². The van der Waals surface area contributed by atoms with E-state index in [0.29, 0.717) is 17.4 Å². The first-order chi connectivity index (χ1) is 9.65. The van der Waals surface area contributed by atoms with Gasteiger partial charge in [-0.15, -0.1) is 0 Å². The van der Waals surface area contributed by atoms with Gasteiger partial charge in [-0.2, -0.15) is 5.10 Å². The van der Waals surface area contributed by atoms with E-state index in [2.05, 4.69) is 10.4 Å². The van der Waals surface area contributed by atoms with E-state index in [1.54, 1.807) is 16.9 Å². The molecule has 1 aromatic heterocycles. The summed E-state index contributed by atoms with van der Waals surface area (Å²) in [6, 6.07) is 9.18. The summed E-state index contributed by atoms with van der Waals surface area (Å²) in [4.78, 5) is 12.2. The molecule has 5 nitrogen and oxygen atoms in total. The summed E-state index contributed by atoms with van der Waals surface area (Å²) in [7, 11) is 0. The van der Waals surface area contributed by atoms with E-state index in [9.17, 15) is 4.79 Å². The molecule has 5 heteroatoms. The Morgan fingerprint density at radius 3 is 2.70 bits per heavy atom. The molecule has 1 atom stereocenters. The summed E-state index contributed by atoms with van der Waals surface area (Å²) in [5, 5.41) is 7.21. The third-order valence-corrected chi connectivity index (χ3v) is 3.77. The summed E-state index contributed by atoms with van der Waals surface area (Å²) >= 11 is 0. The fourth-order valence-electron chi connectivity index (χ4n) is 2.27. The predicted octanol–water partition coefficient (Wildman–Crippen LogP) is 2.44. The summed E-state index contributed by atoms with van der Waals surface area (Å²) < 4.78 is 1.71. The lowest BCUT2D eigenvalue weighted by Gasteiger charge is -2.12. The molecule has 104 valence electrons. The van der Waals surface area contributed by atoms with Crippen molar-refractivity contribution in [2.45, 2.75) is 19.8 Å². The van der Waals surface area contributed by atoms with Gasteiger partial charge in [0.25, 0.3) is 0 Å². The van der Waals surface area contributed by atoms with Crippen LogP contribution in [0.15, 0.2) is 36.5 Å². The molecule has 1 aliphatic rings. The molecule has 0 radical (unpaired) electrons. The Kier molecular flexibility index (Phi) is 3.18. The molecule has 0 bridgehead atoms. The molecule has 2 aromatic rings. The minimum Gasteiger partial charge on any atom is -0.399 e. The number of nitrogen functional groups attached to an aromatic ring is 1. The second-order valence-electron chi connectivity index (χ2n) is 5.34. The van der Waals surface area contributed by atoms with Crippen LogP contribution in [0.4, 0.5) is 11.5 Å². The van der Waals surface area contributed by atoms with E-state index in [1.807, 2.05) is 31.2 Å². The van der Waals surface area contributed by atoms with Gasteiger partial charge in [0.1, 0.15) is 5.82 Å². The molecule has 3 N–H and O–H groups in total. The molecule has 1 unspecified atom stereocenters. The molecule has 0 spiro atoms. The van der Waals surface area contributed by atoms with E-state index in [1.165, 1.54) is 0 Å². The molecule has 3 rings (SSSR count). The Labute approximate surface area is 117 Å². The maximum Gasteiger partial charge on any atom is 0.228 e. The smallest absolute Gasteiger partial charge is 0.228 e. The van der Waals surface area contributed by atoms with Crippen molar-refractivity contribution in [3.8, 4) is 5.69 Å². The highest BCUT2D eigenvalue weighted by Crippen LogP contribution is 2.37. The van der Waals surface area contributed by atoms with E-state index in [-0.39, 0.29) is 11.8 Å². The number of hydrogen-bond acceptors (Lipinski definition) is 3. The number of nitrogens with one attached hydrogen (secondary N) is 1. The quantitative estimate of drug-likeness (QED) is 0.838. The monoisotopic (exact) mass is 270 g/mol. The average Bonchev–Trinajstić information content (AvgIpc) is 3.20. The Hall–Kier alpha value is -2.30. The number of rotatable bonds is 4. The molecule has 0 aliphatic heterocycles. The van der Waals surface area contributed by atoms with Crippen LogP contribution in [0, 0.1) is 11.8 Å². The lowest BCUT2D eigenvalue weighted by molar-refractivity contribution is -0.120. The van der Waals surface area contributed by atoms with E-state index in [0.717, 1.165) is 18.5 Å². The largest absolute Gasteiger partial charge is 0.399 e. The lowest BCUT2D eigenvalue weighted by Crippen LogP contribution is -2.23. The molecule has 1 heterocycles. The van der Waals surface area contributed by atoms with Crippen molar-refractivity contribution in [3.05, 3.63) is 36.5 Å². The Morgan fingerprint density at radius 2 is 2.05 bits per heavy atom. The number of nitrogens with zero attached hydrogens (tertiary/aromatic N) is 2. The van der Waals surface area contributed by atoms with Crippen molar-refractivity contribution < 1.29 is 4.79 Å². The standard InChI is InChI=1S/C15H18N4O/c1-10(11-2-3-11)15(20)18-14-8-9-17-19(14)13-6-4-12(16)5-7-13/h4-11H,2-3,16H2,1H3,(H,18,20). The Balaban J connectivity index is 1.79. The van der Waals surface area contributed by atoms with Crippen molar-refractivity contribution in [1.82, 2.24) is 9.78 Å². The highest BCUT2D eigenvalue weighted by Gasteiger charge is 2.32. The molecule has 1 saturated carbocycles. The second-order valence-corrected chi connectivity index (χ2v) is 5.34. The van der Waals surface area contributed by atoms with Gasteiger partial charge in [0.2, 0.25) is 5.91 Å². The highest BCUT2D eigenvalue weighted by molar-refractivity contribution is 5.92. The summed E-state index contributed by atoms with van der Waals surface area (Å²) in [5.41, 5.74) is 7.26. The molecule has 1 fully saturated rings. The first-order valence-corrected chi connectivity index (χ1v) is 6.86. The topological polar surface area (TPSA) is 72.9 Å². The van der Waals surface area contributed by atoms with Crippen molar-refractivity contribution in [1.29, 1.82) is 0 Å². The number of carbonyl (C=O) groups excluding carboxylic acids is 1. The number of benzene rings is 1. The number of hydrogen-bond donors (Lipinski definition) is 2. The fraction of sp³-hybridized carbons (Fsp3) is 0.333. The molecule has 1 aliphatic carbocycles. The van der Waals surface area contributed by atoms with Crippen LogP contribution in [0.1, 0.15) is 19.8 Å². The number of carbonyl (C=O) groups is 1. The number of anilines is 2. The van der Waals surface area contributed by atoms with Crippen molar-refractivity contribution >= 4 is 17.4 Å². The minimum absolute atomic E-state index is 0.0599. The van der Waals surface area contributed by atoms with E-state index >= 15 is 0 Å². The van der Waals surface area contributed by atoms with Crippen molar-refractivity contribution in [3.63, 3.8) is 0 Å². The van der Waals surface area contributed by atoms with Gasteiger partial charge in [-0.25, -0.2) is 4.68 Å². The molecular formula is C15H18N4O. The fourth-order valence-corrected chi connectivity index (χ4v) is 2.27. The number of amides is 1. The normalized spacial score (nSPS) is 15.8. The van der Waals surface area contributed by atoms with Crippen LogP contribution in [0.25, 0.3) is 5.69 Å². The predicted molar refractivity (Wildman–Crippen MR) is 78.5 cm³/mol. The lowest BCUT2D eigenvalue weighted by atomic mass is 10.1. The van der Waals surface area contributed by atoms with Gasteiger partial charge in [0, 0.05) is 17.7 Å². The SMILES string of the molecule is CC(C(=O)Nc1ccnn1-c1ccc(N)cc1)C1CC1. The van der Waals surface area contributed by atoms with Crippen LogP contribution in [0.5, 0.6) is 0 Å². The van der Waals surface area contributed by atoms with Gasteiger partial charge in [0.15, 0.2) is 0 Å². The summed E-state index contributed by atoms with van der Waals surface area (Å²) in [6.07, 6.45) is 3.99. The van der Waals surface area contributed by atoms with Crippen LogP contribution in [0.3, 0.4) is 0 Å². The second kappa shape index (κ2) is 5.00. The van der Waals surface area contributed by atoms with Gasteiger partial charge in [0.05, 0.1) is 11.9 Å². The molecule has 0 saturated heterocycles. The molecule has 20 heavy (non-hydrogen) atoms. The van der Waals surface area contributed by atoms with Crippen LogP contribution >= 0.6 is 0 Å². The van der Waals surface area contributed by atoms with Crippen molar-refractivity contribution in [2.75, 3.05) is 11.1 Å². The number of aromatic nitrogens is 2. The minimum atomic E-state index is 0.0599. The van der Waals surface area contributed by atoms with Crippen LogP contribution in [-0.2, 0) is 4.79 Å². The van der Waals surface area contributed by atoms with Crippen LogP contribution < -0.4 is 11.1 Å². The Bertz CT molecular complexity index is 613. The summed E-state index contributed by atoms with van der Waals surface area (Å²) in [5.74, 6) is 1.35.